The molecule has 1 unspecified atom stereocenters. The third-order valence-electron chi connectivity index (χ3n) is 3.09. The van der Waals surface area contributed by atoms with Crippen molar-refractivity contribution in [1.82, 2.24) is 20.2 Å². The predicted molar refractivity (Wildman–Crippen MR) is 70.9 cm³/mol. The van der Waals surface area contributed by atoms with Crippen LogP contribution >= 0.6 is 0 Å². The highest BCUT2D eigenvalue weighted by atomic mass is 16.5. The van der Waals surface area contributed by atoms with Gasteiger partial charge in [0, 0.05) is 25.6 Å². The Morgan fingerprint density at radius 1 is 1.50 bits per heavy atom. The van der Waals surface area contributed by atoms with E-state index in [9.17, 15) is 0 Å². The standard InChI is InChI=1S/C12H25N5O/c1-9(2)17-11(14-8-15-17)6-10(16-13)7-12(3,4)18-5/h8-10,16H,6-7,13H2,1-5H3. The Morgan fingerprint density at radius 2 is 2.17 bits per heavy atom. The van der Waals surface area contributed by atoms with E-state index in [1.54, 1.807) is 13.4 Å². The summed E-state index contributed by atoms with van der Waals surface area (Å²) in [5, 5.41) is 4.23. The quantitative estimate of drug-likeness (QED) is 0.562. The van der Waals surface area contributed by atoms with Crippen molar-refractivity contribution in [2.24, 2.45) is 5.84 Å². The molecule has 0 aliphatic rings. The van der Waals surface area contributed by atoms with Crippen molar-refractivity contribution < 1.29 is 4.74 Å². The molecule has 0 amide bonds. The lowest BCUT2D eigenvalue weighted by molar-refractivity contribution is 0.00686. The van der Waals surface area contributed by atoms with Crippen LogP contribution in [0.4, 0.5) is 0 Å². The first-order valence-corrected chi connectivity index (χ1v) is 6.29. The summed E-state index contributed by atoms with van der Waals surface area (Å²) in [4.78, 5) is 4.30. The maximum Gasteiger partial charge on any atom is 0.138 e. The van der Waals surface area contributed by atoms with Gasteiger partial charge in [-0.3, -0.25) is 11.3 Å². The van der Waals surface area contributed by atoms with Gasteiger partial charge in [0.15, 0.2) is 0 Å². The second-order valence-electron chi connectivity index (χ2n) is 5.45. The fraction of sp³-hybridized carbons (Fsp3) is 0.833. The van der Waals surface area contributed by atoms with Crippen LogP contribution in [0.3, 0.4) is 0 Å². The normalized spacial score (nSPS) is 14.2. The molecule has 104 valence electrons. The Labute approximate surface area is 109 Å². The van der Waals surface area contributed by atoms with E-state index < -0.39 is 0 Å². The molecule has 18 heavy (non-hydrogen) atoms. The molecule has 0 aliphatic carbocycles. The van der Waals surface area contributed by atoms with E-state index in [2.05, 4.69) is 29.4 Å². The summed E-state index contributed by atoms with van der Waals surface area (Å²) in [6, 6.07) is 0.415. The Morgan fingerprint density at radius 3 is 2.67 bits per heavy atom. The molecule has 0 aromatic carbocycles. The summed E-state index contributed by atoms with van der Waals surface area (Å²) in [7, 11) is 1.71. The summed E-state index contributed by atoms with van der Waals surface area (Å²) in [6.45, 7) is 8.26. The van der Waals surface area contributed by atoms with Crippen LogP contribution < -0.4 is 11.3 Å². The average molecular weight is 255 g/mol. The summed E-state index contributed by atoms with van der Waals surface area (Å²) in [5.41, 5.74) is 2.63. The molecule has 0 spiro atoms. The molecule has 0 aliphatic heterocycles. The fourth-order valence-corrected chi connectivity index (χ4v) is 1.94. The molecule has 1 atom stereocenters. The first kappa shape index (κ1) is 15.1. The number of nitrogens with zero attached hydrogens (tertiary/aromatic N) is 3. The molecule has 0 bridgehead atoms. The van der Waals surface area contributed by atoms with E-state index >= 15 is 0 Å². The maximum absolute atomic E-state index is 5.61. The van der Waals surface area contributed by atoms with Crippen LogP contribution in [0.1, 0.15) is 46.0 Å². The first-order valence-electron chi connectivity index (χ1n) is 6.29. The van der Waals surface area contributed by atoms with Crippen LogP contribution in [0.25, 0.3) is 0 Å². The van der Waals surface area contributed by atoms with Crippen molar-refractivity contribution in [1.29, 1.82) is 0 Å². The number of rotatable bonds is 7. The number of hydrogen-bond donors (Lipinski definition) is 2. The SMILES string of the molecule is COC(C)(C)CC(Cc1ncnn1C(C)C)NN. The molecule has 3 N–H and O–H groups in total. The molecule has 0 radical (unpaired) electrons. The summed E-state index contributed by atoms with van der Waals surface area (Å²) >= 11 is 0. The van der Waals surface area contributed by atoms with Crippen molar-refractivity contribution in [3.8, 4) is 0 Å². The van der Waals surface area contributed by atoms with Crippen molar-refractivity contribution in [3.05, 3.63) is 12.2 Å². The van der Waals surface area contributed by atoms with Gasteiger partial charge >= 0.3 is 0 Å². The van der Waals surface area contributed by atoms with Crippen molar-refractivity contribution in [2.45, 2.75) is 58.2 Å². The Balaban J connectivity index is 2.71. The van der Waals surface area contributed by atoms with Gasteiger partial charge in [-0.15, -0.1) is 0 Å². The van der Waals surface area contributed by atoms with Crippen molar-refractivity contribution in [2.75, 3.05) is 7.11 Å². The number of ether oxygens (including phenoxy) is 1. The molecule has 1 rings (SSSR count). The Kier molecular flexibility index (Phi) is 5.25. The minimum atomic E-state index is -0.209. The number of methoxy groups -OCH3 is 1. The van der Waals surface area contributed by atoms with Gasteiger partial charge in [-0.2, -0.15) is 5.10 Å². The van der Waals surface area contributed by atoms with E-state index in [-0.39, 0.29) is 11.6 Å². The highest BCUT2D eigenvalue weighted by Gasteiger charge is 2.24. The second kappa shape index (κ2) is 6.26. The Bertz CT molecular complexity index is 361. The fourth-order valence-electron chi connectivity index (χ4n) is 1.94. The zero-order chi connectivity index (χ0) is 13.8. The third-order valence-corrected chi connectivity index (χ3v) is 3.09. The van der Waals surface area contributed by atoms with Crippen LogP contribution in [0.15, 0.2) is 6.33 Å². The van der Waals surface area contributed by atoms with Gasteiger partial charge in [0.25, 0.3) is 0 Å². The van der Waals surface area contributed by atoms with E-state index in [4.69, 9.17) is 10.6 Å². The minimum Gasteiger partial charge on any atom is -0.379 e. The zero-order valence-corrected chi connectivity index (χ0v) is 12.0. The lowest BCUT2D eigenvalue weighted by Crippen LogP contribution is -2.43. The molecular formula is C12H25N5O. The number of nitrogens with two attached hydrogens (primary N) is 1. The van der Waals surface area contributed by atoms with Gasteiger partial charge in [0.1, 0.15) is 12.2 Å². The number of aromatic nitrogens is 3. The number of hydrogen-bond acceptors (Lipinski definition) is 5. The predicted octanol–water partition coefficient (Wildman–Crippen LogP) is 1.05. The average Bonchev–Trinajstić information content (AvgIpc) is 2.76. The van der Waals surface area contributed by atoms with Crippen molar-refractivity contribution >= 4 is 0 Å². The van der Waals surface area contributed by atoms with E-state index in [0.717, 1.165) is 18.7 Å². The molecule has 6 heteroatoms. The summed E-state index contributed by atoms with van der Waals surface area (Å²) in [5.74, 6) is 6.56. The monoisotopic (exact) mass is 255 g/mol. The minimum absolute atomic E-state index is 0.113. The van der Waals surface area contributed by atoms with E-state index in [0.29, 0.717) is 6.04 Å². The number of hydrazine groups is 1. The van der Waals surface area contributed by atoms with Crippen LogP contribution in [-0.4, -0.2) is 33.5 Å². The molecule has 0 saturated heterocycles. The smallest absolute Gasteiger partial charge is 0.138 e. The van der Waals surface area contributed by atoms with Gasteiger partial charge in [-0.05, 0) is 34.1 Å². The van der Waals surface area contributed by atoms with Gasteiger partial charge in [0.05, 0.1) is 5.60 Å². The van der Waals surface area contributed by atoms with Gasteiger partial charge < -0.3 is 4.74 Å². The van der Waals surface area contributed by atoms with Crippen molar-refractivity contribution in [3.63, 3.8) is 0 Å². The highest BCUT2D eigenvalue weighted by Crippen LogP contribution is 2.18. The lowest BCUT2D eigenvalue weighted by atomic mass is 9.97. The second-order valence-corrected chi connectivity index (χ2v) is 5.45. The first-order chi connectivity index (χ1) is 8.39. The molecule has 1 aromatic heterocycles. The third kappa shape index (κ3) is 4.04. The largest absolute Gasteiger partial charge is 0.379 e. The molecule has 0 saturated carbocycles. The van der Waals surface area contributed by atoms with Gasteiger partial charge in [-0.1, -0.05) is 0 Å². The highest BCUT2D eigenvalue weighted by molar-refractivity contribution is 4.92. The molecular weight excluding hydrogens is 230 g/mol. The Hall–Kier alpha value is -0.980. The topological polar surface area (TPSA) is 78.0 Å². The number of nitrogens with one attached hydrogen (secondary N) is 1. The van der Waals surface area contributed by atoms with E-state index in [1.165, 1.54) is 0 Å². The molecule has 1 aromatic rings. The zero-order valence-electron chi connectivity index (χ0n) is 12.0. The van der Waals surface area contributed by atoms with Crippen LogP contribution in [0.2, 0.25) is 0 Å². The molecule has 6 nitrogen and oxygen atoms in total. The van der Waals surface area contributed by atoms with Gasteiger partial charge in [-0.25, -0.2) is 9.67 Å². The lowest BCUT2D eigenvalue weighted by Gasteiger charge is -2.28. The summed E-state index contributed by atoms with van der Waals surface area (Å²) in [6.07, 6.45) is 3.14. The molecule has 1 heterocycles. The molecule has 0 fully saturated rings. The summed E-state index contributed by atoms with van der Waals surface area (Å²) < 4.78 is 7.35. The van der Waals surface area contributed by atoms with Gasteiger partial charge in [0.2, 0.25) is 0 Å². The van der Waals surface area contributed by atoms with Crippen LogP contribution in [0.5, 0.6) is 0 Å². The van der Waals surface area contributed by atoms with E-state index in [1.807, 2.05) is 18.5 Å². The van der Waals surface area contributed by atoms with Crippen LogP contribution in [0, 0.1) is 0 Å². The van der Waals surface area contributed by atoms with Crippen LogP contribution in [-0.2, 0) is 11.2 Å². The maximum atomic E-state index is 5.61.